The number of benzene rings is 2. The molecular formula is C22H22ClF2NO6S. The van der Waals surface area contributed by atoms with Crippen LogP contribution < -0.4 is 4.74 Å². The normalized spacial score (nSPS) is 15.2. The third-order valence-corrected chi connectivity index (χ3v) is 7.47. The molecule has 33 heavy (non-hydrogen) atoms. The number of alkyl halides is 2. The molecule has 0 aliphatic carbocycles. The minimum Gasteiger partial charge on any atom is -0.454 e. The highest BCUT2D eigenvalue weighted by molar-refractivity contribution is 7.89. The van der Waals surface area contributed by atoms with E-state index in [1.807, 2.05) is 0 Å². The summed E-state index contributed by atoms with van der Waals surface area (Å²) in [5, 5.41) is -0.0158. The molecular weight excluding hydrogens is 480 g/mol. The summed E-state index contributed by atoms with van der Waals surface area (Å²) in [6, 6.07) is 8.68. The van der Waals surface area contributed by atoms with Gasteiger partial charge in [0.1, 0.15) is 10.6 Å². The standard InChI is InChI=1S/C22H22ClF2NO6S/c23-18-10-7-16(13-20(18)33(29,30)26-11-3-1-2-4-12-26)21(28)31-14-19(27)15-5-8-17(9-6-15)32-22(24)25/h5-10,13,22H,1-4,11-12,14H2. The van der Waals surface area contributed by atoms with Gasteiger partial charge in [-0.2, -0.15) is 13.1 Å². The minimum atomic E-state index is -3.90. The topological polar surface area (TPSA) is 90.0 Å². The van der Waals surface area contributed by atoms with Crippen LogP contribution in [0.5, 0.6) is 5.75 Å². The van der Waals surface area contributed by atoms with Crippen molar-refractivity contribution >= 4 is 33.4 Å². The van der Waals surface area contributed by atoms with Crippen LogP contribution in [0.2, 0.25) is 5.02 Å². The fraction of sp³-hybridized carbons (Fsp3) is 0.364. The van der Waals surface area contributed by atoms with E-state index >= 15 is 0 Å². The Labute approximate surface area is 195 Å². The summed E-state index contributed by atoms with van der Waals surface area (Å²) in [4.78, 5) is 24.5. The van der Waals surface area contributed by atoms with Crippen LogP contribution in [-0.4, -0.2) is 50.8 Å². The summed E-state index contributed by atoms with van der Waals surface area (Å²) in [6.07, 6.45) is 3.39. The lowest BCUT2D eigenvalue weighted by Gasteiger charge is -2.21. The van der Waals surface area contributed by atoms with Crippen LogP contribution in [-0.2, 0) is 14.8 Å². The maximum absolute atomic E-state index is 13.1. The molecule has 0 bridgehead atoms. The molecule has 0 saturated carbocycles. The zero-order valence-electron chi connectivity index (χ0n) is 17.5. The molecule has 1 heterocycles. The van der Waals surface area contributed by atoms with Crippen molar-refractivity contribution in [1.29, 1.82) is 0 Å². The number of sulfonamides is 1. The van der Waals surface area contributed by atoms with Gasteiger partial charge in [-0.25, -0.2) is 13.2 Å². The van der Waals surface area contributed by atoms with Gasteiger partial charge in [-0.05, 0) is 55.3 Å². The number of carbonyl (C=O) groups is 2. The van der Waals surface area contributed by atoms with E-state index in [4.69, 9.17) is 16.3 Å². The van der Waals surface area contributed by atoms with E-state index < -0.39 is 35.0 Å². The van der Waals surface area contributed by atoms with Crippen LogP contribution in [0.25, 0.3) is 0 Å². The molecule has 178 valence electrons. The molecule has 1 fully saturated rings. The maximum Gasteiger partial charge on any atom is 0.387 e. The van der Waals surface area contributed by atoms with Gasteiger partial charge in [-0.15, -0.1) is 0 Å². The van der Waals surface area contributed by atoms with Gasteiger partial charge in [0.2, 0.25) is 10.0 Å². The SMILES string of the molecule is O=C(COC(=O)c1ccc(Cl)c(S(=O)(=O)N2CCCCCC2)c1)c1ccc(OC(F)F)cc1. The lowest BCUT2D eigenvalue weighted by Crippen LogP contribution is -2.32. The number of nitrogens with zero attached hydrogens (tertiary/aromatic N) is 1. The molecule has 3 rings (SSSR count). The van der Waals surface area contributed by atoms with Crippen LogP contribution in [0, 0.1) is 0 Å². The molecule has 11 heteroatoms. The molecule has 0 atom stereocenters. The highest BCUT2D eigenvalue weighted by atomic mass is 35.5. The Bertz CT molecular complexity index is 1100. The van der Waals surface area contributed by atoms with Crippen LogP contribution in [0.4, 0.5) is 8.78 Å². The fourth-order valence-corrected chi connectivity index (χ4v) is 5.39. The number of hydrogen-bond donors (Lipinski definition) is 0. The first-order valence-electron chi connectivity index (χ1n) is 10.2. The predicted octanol–water partition coefficient (Wildman–Crippen LogP) is 4.55. The fourth-order valence-electron chi connectivity index (χ4n) is 3.37. The highest BCUT2D eigenvalue weighted by Gasteiger charge is 2.28. The Morgan fingerprint density at radius 2 is 1.58 bits per heavy atom. The third kappa shape index (κ3) is 6.49. The number of hydrogen-bond acceptors (Lipinski definition) is 6. The first-order valence-corrected chi connectivity index (χ1v) is 12.0. The Kier molecular flexibility index (Phi) is 8.39. The largest absolute Gasteiger partial charge is 0.454 e. The zero-order chi connectivity index (χ0) is 24.0. The number of carbonyl (C=O) groups excluding carboxylic acids is 2. The molecule has 0 N–H and O–H groups in total. The quantitative estimate of drug-likeness (QED) is 0.389. The Hall–Kier alpha value is -2.56. The second-order valence-electron chi connectivity index (χ2n) is 7.37. The van der Waals surface area contributed by atoms with Gasteiger partial charge < -0.3 is 9.47 Å². The summed E-state index contributed by atoms with van der Waals surface area (Å²) in [7, 11) is -3.90. The van der Waals surface area contributed by atoms with Crippen molar-refractivity contribution in [1.82, 2.24) is 4.31 Å². The van der Waals surface area contributed by atoms with Crippen molar-refractivity contribution in [3.8, 4) is 5.75 Å². The minimum absolute atomic E-state index is 0.0158. The average molecular weight is 502 g/mol. The molecule has 0 aromatic heterocycles. The Balaban J connectivity index is 1.68. The molecule has 0 unspecified atom stereocenters. The van der Waals surface area contributed by atoms with Crippen molar-refractivity contribution < 1.29 is 36.3 Å². The van der Waals surface area contributed by atoms with Crippen LogP contribution >= 0.6 is 11.6 Å². The van der Waals surface area contributed by atoms with Crippen molar-refractivity contribution in [2.24, 2.45) is 0 Å². The number of ketones is 1. The molecule has 1 saturated heterocycles. The molecule has 1 aliphatic rings. The van der Waals surface area contributed by atoms with Crippen molar-refractivity contribution in [3.63, 3.8) is 0 Å². The highest BCUT2D eigenvalue weighted by Crippen LogP contribution is 2.28. The van der Waals surface area contributed by atoms with E-state index in [-0.39, 0.29) is 26.8 Å². The van der Waals surface area contributed by atoms with Crippen molar-refractivity contribution in [2.45, 2.75) is 37.2 Å². The van der Waals surface area contributed by atoms with E-state index in [1.165, 1.54) is 40.7 Å². The molecule has 0 amide bonds. The van der Waals surface area contributed by atoms with Crippen LogP contribution in [0.1, 0.15) is 46.4 Å². The van der Waals surface area contributed by atoms with Gasteiger partial charge in [-0.3, -0.25) is 4.79 Å². The summed E-state index contributed by atoms with van der Waals surface area (Å²) in [5.41, 5.74) is 0.0613. The summed E-state index contributed by atoms with van der Waals surface area (Å²) in [6.45, 7) is -2.85. The number of rotatable bonds is 8. The van der Waals surface area contributed by atoms with Crippen molar-refractivity contribution in [2.75, 3.05) is 19.7 Å². The maximum atomic E-state index is 13.1. The van der Waals surface area contributed by atoms with E-state index in [1.54, 1.807) is 0 Å². The molecule has 0 spiro atoms. The summed E-state index contributed by atoms with van der Waals surface area (Å²) >= 11 is 6.13. The molecule has 7 nitrogen and oxygen atoms in total. The second-order valence-corrected chi connectivity index (χ2v) is 9.68. The predicted molar refractivity (Wildman–Crippen MR) is 116 cm³/mol. The Morgan fingerprint density at radius 3 is 2.18 bits per heavy atom. The molecule has 2 aromatic carbocycles. The van der Waals surface area contributed by atoms with Crippen molar-refractivity contribution in [3.05, 3.63) is 58.6 Å². The number of Topliss-reactive ketones (excluding diaryl/α,β-unsaturated/α-hetero) is 1. The third-order valence-electron chi connectivity index (χ3n) is 5.09. The smallest absolute Gasteiger partial charge is 0.387 e. The number of halogens is 3. The molecule has 2 aromatic rings. The lowest BCUT2D eigenvalue weighted by molar-refractivity contribution is -0.0498. The first kappa shape index (κ1) is 25.1. The number of esters is 1. The van der Waals surface area contributed by atoms with E-state index in [9.17, 15) is 26.8 Å². The molecule has 0 radical (unpaired) electrons. The average Bonchev–Trinajstić information content (AvgIpc) is 3.08. The molecule has 1 aliphatic heterocycles. The summed E-state index contributed by atoms with van der Waals surface area (Å²) in [5.74, 6) is -1.58. The lowest BCUT2D eigenvalue weighted by atomic mass is 10.1. The van der Waals surface area contributed by atoms with Crippen LogP contribution in [0.15, 0.2) is 47.4 Å². The Morgan fingerprint density at radius 1 is 0.970 bits per heavy atom. The van der Waals surface area contributed by atoms with Gasteiger partial charge in [0.05, 0.1) is 10.6 Å². The van der Waals surface area contributed by atoms with Gasteiger partial charge in [-0.1, -0.05) is 24.4 Å². The van der Waals surface area contributed by atoms with Gasteiger partial charge >= 0.3 is 12.6 Å². The van der Waals surface area contributed by atoms with Gasteiger partial charge in [0, 0.05) is 18.7 Å². The van der Waals surface area contributed by atoms with E-state index in [0.717, 1.165) is 31.7 Å². The van der Waals surface area contributed by atoms with Gasteiger partial charge in [0.15, 0.2) is 12.4 Å². The second kappa shape index (κ2) is 11.0. The van der Waals surface area contributed by atoms with E-state index in [0.29, 0.717) is 13.1 Å². The van der Waals surface area contributed by atoms with Gasteiger partial charge in [0.25, 0.3) is 0 Å². The first-order chi connectivity index (χ1) is 15.7. The number of ether oxygens (including phenoxy) is 2. The zero-order valence-corrected chi connectivity index (χ0v) is 19.1. The van der Waals surface area contributed by atoms with Crippen LogP contribution in [0.3, 0.4) is 0 Å². The van der Waals surface area contributed by atoms with E-state index in [2.05, 4.69) is 4.74 Å². The monoisotopic (exact) mass is 501 g/mol. The summed E-state index contributed by atoms with van der Waals surface area (Å²) < 4.78 is 61.1.